The predicted octanol–water partition coefficient (Wildman–Crippen LogP) is 3.49. The maximum Gasteiger partial charge on any atom is 0.310 e. The molecule has 0 radical (unpaired) electrons. The molecule has 0 spiro atoms. The number of hydrogen-bond donors (Lipinski definition) is 1. The Kier molecular flexibility index (Phi) is 3.41. The molecule has 18 heavy (non-hydrogen) atoms. The highest BCUT2D eigenvalue weighted by atomic mass is 16.4. The van der Waals surface area contributed by atoms with Crippen LogP contribution in [0.4, 0.5) is 0 Å². The summed E-state index contributed by atoms with van der Waals surface area (Å²) in [6.45, 7) is 7.04. The van der Waals surface area contributed by atoms with Crippen LogP contribution in [0.15, 0.2) is 30.5 Å². The van der Waals surface area contributed by atoms with Gasteiger partial charge in [0.2, 0.25) is 0 Å². The maximum absolute atomic E-state index is 11.1. The van der Waals surface area contributed by atoms with Crippen molar-refractivity contribution >= 4 is 16.9 Å². The van der Waals surface area contributed by atoms with Crippen molar-refractivity contribution in [3.8, 4) is 0 Å². The summed E-state index contributed by atoms with van der Waals surface area (Å²) >= 11 is 0. The van der Waals surface area contributed by atoms with Crippen molar-refractivity contribution in [1.29, 1.82) is 0 Å². The monoisotopic (exact) mass is 245 g/mol. The Hall–Kier alpha value is -1.77. The van der Waals surface area contributed by atoms with Crippen LogP contribution in [-0.2, 0) is 11.3 Å². The summed E-state index contributed by atoms with van der Waals surface area (Å²) in [7, 11) is 0. The lowest BCUT2D eigenvalue weighted by molar-refractivity contribution is -0.138. The summed E-state index contributed by atoms with van der Waals surface area (Å²) < 4.78 is 2.19. The zero-order chi connectivity index (χ0) is 13.3. The molecule has 2 rings (SSSR count). The minimum absolute atomic E-state index is 0.469. The van der Waals surface area contributed by atoms with Crippen molar-refractivity contribution in [2.45, 2.75) is 33.2 Å². The van der Waals surface area contributed by atoms with Crippen molar-refractivity contribution in [2.24, 2.45) is 5.92 Å². The van der Waals surface area contributed by atoms with Crippen molar-refractivity contribution in [2.75, 3.05) is 0 Å². The molecule has 0 aliphatic carbocycles. The van der Waals surface area contributed by atoms with Crippen LogP contribution in [0.25, 0.3) is 10.9 Å². The highest BCUT2D eigenvalue weighted by molar-refractivity contribution is 5.89. The van der Waals surface area contributed by atoms with E-state index in [0.717, 1.165) is 23.0 Å². The van der Waals surface area contributed by atoms with Crippen LogP contribution in [0, 0.1) is 5.92 Å². The minimum atomic E-state index is -0.779. The predicted molar refractivity (Wildman–Crippen MR) is 72.8 cm³/mol. The van der Waals surface area contributed by atoms with Gasteiger partial charge in [0.15, 0.2) is 0 Å². The van der Waals surface area contributed by atoms with Crippen LogP contribution in [0.2, 0.25) is 0 Å². The highest BCUT2D eigenvalue weighted by Crippen LogP contribution is 2.27. The van der Waals surface area contributed by atoms with Gasteiger partial charge in [-0.2, -0.15) is 0 Å². The van der Waals surface area contributed by atoms with Gasteiger partial charge in [-0.25, -0.2) is 0 Å². The molecular weight excluding hydrogens is 226 g/mol. The Labute approximate surface area is 107 Å². The standard InChI is InChI=1S/C15H19NO2/c1-10(2)9-16-8-7-13-12(11(3)15(17)18)5-4-6-14(13)16/h4-8,10-11H,9H2,1-3H3,(H,17,18). The van der Waals surface area contributed by atoms with Gasteiger partial charge in [-0.05, 0) is 30.5 Å². The van der Waals surface area contributed by atoms with E-state index in [1.54, 1.807) is 6.92 Å². The lowest BCUT2D eigenvalue weighted by atomic mass is 9.98. The van der Waals surface area contributed by atoms with Crippen molar-refractivity contribution in [3.05, 3.63) is 36.0 Å². The number of aliphatic carboxylic acids is 1. The molecule has 0 aliphatic rings. The Morgan fingerprint density at radius 3 is 2.61 bits per heavy atom. The molecule has 0 saturated carbocycles. The second-order valence-corrected chi connectivity index (χ2v) is 5.20. The number of hydrogen-bond acceptors (Lipinski definition) is 1. The average molecular weight is 245 g/mol. The van der Waals surface area contributed by atoms with Gasteiger partial charge in [0.1, 0.15) is 0 Å². The molecule has 1 atom stereocenters. The average Bonchev–Trinajstić information content (AvgIpc) is 2.70. The van der Waals surface area contributed by atoms with Crippen LogP contribution in [0.3, 0.4) is 0 Å². The van der Waals surface area contributed by atoms with Gasteiger partial charge in [-0.15, -0.1) is 0 Å². The summed E-state index contributed by atoms with van der Waals surface area (Å²) in [5, 5.41) is 10.2. The first kappa shape index (κ1) is 12.7. The van der Waals surface area contributed by atoms with E-state index in [1.165, 1.54) is 0 Å². The number of carboxylic acid groups (broad SMARTS) is 1. The zero-order valence-electron chi connectivity index (χ0n) is 11.1. The van der Waals surface area contributed by atoms with E-state index >= 15 is 0 Å². The summed E-state index contributed by atoms with van der Waals surface area (Å²) in [6.07, 6.45) is 2.04. The van der Waals surface area contributed by atoms with Gasteiger partial charge in [0, 0.05) is 23.6 Å². The molecule has 0 amide bonds. The van der Waals surface area contributed by atoms with Crippen LogP contribution in [0.1, 0.15) is 32.3 Å². The van der Waals surface area contributed by atoms with Crippen LogP contribution in [0.5, 0.6) is 0 Å². The summed E-state index contributed by atoms with van der Waals surface area (Å²) in [5.74, 6) is -0.677. The molecule has 96 valence electrons. The van der Waals surface area contributed by atoms with E-state index in [9.17, 15) is 4.79 Å². The first-order valence-corrected chi connectivity index (χ1v) is 6.31. The van der Waals surface area contributed by atoms with E-state index in [1.807, 2.05) is 24.4 Å². The second kappa shape index (κ2) is 4.84. The fourth-order valence-electron chi connectivity index (χ4n) is 2.31. The normalized spacial score (nSPS) is 13.1. The van der Waals surface area contributed by atoms with Crippen molar-refractivity contribution in [3.63, 3.8) is 0 Å². The van der Waals surface area contributed by atoms with E-state index in [2.05, 4.69) is 24.5 Å². The molecule has 1 heterocycles. The van der Waals surface area contributed by atoms with E-state index in [-0.39, 0.29) is 0 Å². The van der Waals surface area contributed by atoms with Gasteiger partial charge < -0.3 is 9.67 Å². The van der Waals surface area contributed by atoms with E-state index in [4.69, 9.17) is 5.11 Å². The molecule has 0 aliphatic heterocycles. The topological polar surface area (TPSA) is 42.2 Å². The lowest BCUT2D eigenvalue weighted by Gasteiger charge is -2.11. The molecule has 1 unspecified atom stereocenters. The number of carbonyl (C=O) groups is 1. The molecule has 3 nitrogen and oxygen atoms in total. The molecule has 1 aromatic heterocycles. The number of carboxylic acids is 1. The SMILES string of the molecule is CC(C)Cn1ccc2c(C(C)C(=O)O)cccc21. The second-order valence-electron chi connectivity index (χ2n) is 5.20. The summed E-state index contributed by atoms with van der Waals surface area (Å²) in [6, 6.07) is 7.91. The van der Waals surface area contributed by atoms with Gasteiger partial charge in [-0.3, -0.25) is 4.79 Å². The van der Waals surface area contributed by atoms with Crippen molar-refractivity contribution < 1.29 is 9.90 Å². The minimum Gasteiger partial charge on any atom is -0.481 e. The van der Waals surface area contributed by atoms with Crippen LogP contribution < -0.4 is 0 Å². The maximum atomic E-state index is 11.1. The first-order chi connectivity index (χ1) is 8.50. The third-order valence-corrected chi connectivity index (χ3v) is 3.25. The molecule has 2 aromatic rings. The zero-order valence-corrected chi connectivity index (χ0v) is 11.1. The smallest absolute Gasteiger partial charge is 0.310 e. The third kappa shape index (κ3) is 2.26. The number of rotatable bonds is 4. The quantitative estimate of drug-likeness (QED) is 0.896. The summed E-state index contributed by atoms with van der Waals surface area (Å²) in [5.41, 5.74) is 2.01. The third-order valence-electron chi connectivity index (χ3n) is 3.25. The summed E-state index contributed by atoms with van der Waals surface area (Å²) in [4.78, 5) is 11.1. The highest BCUT2D eigenvalue weighted by Gasteiger charge is 2.17. The van der Waals surface area contributed by atoms with Gasteiger partial charge in [0.25, 0.3) is 0 Å². The Morgan fingerprint density at radius 1 is 1.28 bits per heavy atom. The number of fused-ring (bicyclic) bond motifs is 1. The van der Waals surface area contributed by atoms with Gasteiger partial charge in [-0.1, -0.05) is 26.0 Å². The Balaban J connectivity index is 2.51. The van der Waals surface area contributed by atoms with Crippen LogP contribution in [-0.4, -0.2) is 15.6 Å². The fraction of sp³-hybridized carbons (Fsp3) is 0.400. The number of nitrogens with zero attached hydrogens (tertiary/aromatic N) is 1. The Morgan fingerprint density at radius 2 is 2.00 bits per heavy atom. The number of aromatic nitrogens is 1. The van der Waals surface area contributed by atoms with E-state index in [0.29, 0.717) is 5.92 Å². The largest absolute Gasteiger partial charge is 0.481 e. The molecule has 0 bridgehead atoms. The van der Waals surface area contributed by atoms with Gasteiger partial charge in [0.05, 0.1) is 5.92 Å². The Bertz CT molecular complexity index is 569. The fourth-order valence-corrected chi connectivity index (χ4v) is 2.31. The van der Waals surface area contributed by atoms with Gasteiger partial charge >= 0.3 is 5.97 Å². The molecule has 1 aromatic carbocycles. The van der Waals surface area contributed by atoms with E-state index < -0.39 is 11.9 Å². The van der Waals surface area contributed by atoms with Crippen molar-refractivity contribution in [1.82, 2.24) is 4.57 Å². The number of benzene rings is 1. The molecular formula is C15H19NO2. The van der Waals surface area contributed by atoms with Crippen LogP contribution >= 0.6 is 0 Å². The lowest BCUT2D eigenvalue weighted by Crippen LogP contribution is -2.08. The molecule has 0 saturated heterocycles. The molecule has 1 N–H and O–H groups in total. The molecule has 3 heteroatoms. The first-order valence-electron chi connectivity index (χ1n) is 6.31. The molecule has 0 fully saturated rings.